The van der Waals surface area contributed by atoms with Crippen molar-refractivity contribution < 1.29 is 0 Å². The first-order valence-corrected chi connectivity index (χ1v) is 10.8. The molecule has 2 aromatic carbocycles. The molecule has 0 N–H and O–H groups in total. The van der Waals surface area contributed by atoms with Gasteiger partial charge in [0.15, 0.2) is 4.96 Å². The van der Waals surface area contributed by atoms with E-state index < -0.39 is 0 Å². The van der Waals surface area contributed by atoms with Crippen LogP contribution in [0.1, 0.15) is 23.4 Å². The Balaban J connectivity index is 1.71. The van der Waals surface area contributed by atoms with Gasteiger partial charge in [-0.05, 0) is 49.9 Å². The minimum Gasteiger partial charge on any atom is -0.281 e. The number of benzene rings is 2. The number of imidazole rings is 1. The van der Waals surface area contributed by atoms with E-state index in [1.54, 1.807) is 11.8 Å². The molecule has 0 atom stereocenters. The highest BCUT2D eigenvalue weighted by atomic mass is 35.5. The third kappa shape index (κ3) is 2.86. The van der Waals surface area contributed by atoms with E-state index in [0.29, 0.717) is 0 Å². The van der Waals surface area contributed by atoms with Gasteiger partial charge in [0.25, 0.3) is 0 Å². The first-order valence-electron chi connectivity index (χ1n) is 8.81. The molecule has 2 nitrogen and oxygen atoms in total. The van der Waals surface area contributed by atoms with Crippen LogP contribution in [0.3, 0.4) is 0 Å². The number of hydrogen-bond acceptors (Lipinski definition) is 3. The van der Waals surface area contributed by atoms with E-state index in [0.717, 1.165) is 22.1 Å². The standard InChI is InChI=1S/C21H17ClN2S2/c22-15-10-12-16(13-11-15)25-20-19(14-6-2-1-3-7-14)23-21-24(20)17-8-4-5-9-18(17)26-21/h1-3,6-7,10-13H,4-5,8-9H2. The summed E-state index contributed by atoms with van der Waals surface area (Å²) in [5.74, 6) is 0. The first-order chi connectivity index (χ1) is 12.8. The lowest BCUT2D eigenvalue weighted by Gasteiger charge is -2.13. The van der Waals surface area contributed by atoms with Crippen LogP contribution < -0.4 is 0 Å². The third-order valence-electron chi connectivity index (χ3n) is 4.75. The largest absolute Gasteiger partial charge is 0.281 e. The minimum atomic E-state index is 0.768. The molecule has 0 aliphatic heterocycles. The Kier molecular flexibility index (Phi) is 4.27. The van der Waals surface area contributed by atoms with Crippen LogP contribution in [0.4, 0.5) is 0 Å². The van der Waals surface area contributed by atoms with Crippen LogP contribution >= 0.6 is 34.7 Å². The lowest BCUT2D eigenvalue weighted by atomic mass is 10.0. The normalized spacial score (nSPS) is 13.9. The Bertz CT molecular complexity index is 1070. The van der Waals surface area contributed by atoms with Crippen molar-refractivity contribution in [2.45, 2.75) is 35.6 Å². The molecule has 0 fully saturated rings. The van der Waals surface area contributed by atoms with Gasteiger partial charge in [-0.3, -0.25) is 4.40 Å². The van der Waals surface area contributed by atoms with Gasteiger partial charge in [-0.15, -0.1) is 11.3 Å². The second-order valence-corrected chi connectivity index (χ2v) is 9.05. The Morgan fingerprint density at radius 2 is 1.73 bits per heavy atom. The molecule has 0 amide bonds. The van der Waals surface area contributed by atoms with Gasteiger partial charge in [0.1, 0.15) is 10.7 Å². The monoisotopic (exact) mass is 396 g/mol. The lowest BCUT2D eigenvalue weighted by Crippen LogP contribution is -2.03. The molecule has 0 bridgehead atoms. The van der Waals surface area contributed by atoms with Gasteiger partial charge in [0, 0.05) is 26.1 Å². The highest BCUT2D eigenvalue weighted by molar-refractivity contribution is 7.99. The smallest absolute Gasteiger partial charge is 0.195 e. The predicted molar refractivity (Wildman–Crippen MR) is 111 cm³/mol. The second-order valence-electron chi connectivity index (χ2n) is 6.48. The zero-order chi connectivity index (χ0) is 17.5. The fourth-order valence-electron chi connectivity index (χ4n) is 3.50. The van der Waals surface area contributed by atoms with E-state index in [4.69, 9.17) is 16.6 Å². The number of aromatic nitrogens is 2. The zero-order valence-electron chi connectivity index (χ0n) is 14.1. The molecule has 5 rings (SSSR count). The molecule has 5 heteroatoms. The molecular formula is C21H17ClN2S2. The van der Waals surface area contributed by atoms with Gasteiger partial charge in [-0.25, -0.2) is 4.98 Å². The number of fused-ring (bicyclic) bond motifs is 3. The second kappa shape index (κ2) is 6.76. The molecule has 2 heterocycles. The maximum absolute atomic E-state index is 6.07. The molecule has 130 valence electrons. The maximum atomic E-state index is 6.07. The van der Waals surface area contributed by atoms with Crippen molar-refractivity contribution in [1.29, 1.82) is 0 Å². The third-order valence-corrected chi connectivity index (χ3v) is 7.23. The number of aryl methyl sites for hydroxylation is 2. The van der Waals surface area contributed by atoms with E-state index >= 15 is 0 Å². The molecule has 0 spiro atoms. The van der Waals surface area contributed by atoms with Gasteiger partial charge < -0.3 is 0 Å². The van der Waals surface area contributed by atoms with Crippen molar-refractivity contribution in [3.63, 3.8) is 0 Å². The predicted octanol–water partition coefficient (Wildman–Crippen LogP) is 6.75. The molecule has 0 radical (unpaired) electrons. The summed E-state index contributed by atoms with van der Waals surface area (Å²) in [5.41, 5.74) is 3.71. The van der Waals surface area contributed by atoms with Gasteiger partial charge in [-0.2, -0.15) is 0 Å². The topological polar surface area (TPSA) is 17.3 Å². The molecule has 0 saturated carbocycles. The van der Waals surface area contributed by atoms with Crippen molar-refractivity contribution in [1.82, 2.24) is 9.38 Å². The summed E-state index contributed by atoms with van der Waals surface area (Å²) in [5, 5.41) is 1.98. The number of halogens is 1. The number of rotatable bonds is 3. The van der Waals surface area contributed by atoms with Crippen molar-refractivity contribution in [2.24, 2.45) is 0 Å². The van der Waals surface area contributed by atoms with Crippen LogP contribution in [-0.4, -0.2) is 9.38 Å². The van der Waals surface area contributed by atoms with Crippen LogP contribution in [0.2, 0.25) is 5.02 Å². The average molecular weight is 397 g/mol. The number of nitrogens with zero attached hydrogens (tertiary/aromatic N) is 2. The highest BCUT2D eigenvalue weighted by Crippen LogP contribution is 2.41. The lowest BCUT2D eigenvalue weighted by molar-refractivity contribution is 0.668. The Morgan fingerprint density at radius 1 is 0.962 bits per heavy atom. The number of hydrogen-bond donors (Lipinski definition) is 0. The molecule has 0 saturated heterocycles. The fourth-order valence-corrected chi connectivity index (χ4v) is 5.94. The first kappa shape index (κ1) is 16.4. The van der Waals surface area contributed by atoms with E-state index in [2.05, 4.69) is 46.9 Å². The van der Waals surface area contributed by atoms with Crippen LogP contribution in [-0.2, 0) is 12.8 Å². The van der Waals surface area contributed by atoms with Crippen LogP contribution in [0.5, 0.6) is 0 Å². The van der Waals surface area contributed by atoms with E-state index in [9.17, 15) is 0 Å². The van der Waals surface area contributed by atoms with Crippen molar-refractivity contribution in [3.05, 3.63) is 70.2 Å². The fraction of sp³-hybridized carbons (Fsp3) is 0.190. The Hall–Kier alpha value is -1.75. The molecule has 2 aromatic heterocycles. The maximum Gasteiger partial charge on any atom is 0.195 e. The van der Waals surface area contributed by atoms with Crippen molar-refractivity contribution in [3.8, 4) is 11.3 Å². The molecule has 26 heavy (non-hydrogen) atoms. The molecular weight excluding hydrogens is 380 g/mol. The zero-order valence-corrected chi connectivity index (χ0v) is 16.5. The highest BCUT2D eigenvalue weighted by Gasteiger charge is 2.23. The molecule has 4 aromatic rings. The van der Waals surface area contributed by atoms with Crippen LogP contribution in [0, 0.1) is 0 Å². The van der Waals surface area contributed by atoms with Gasteiger partial charge in [-0.1, -0.05) is 53.7 Å². The summed E-state index contributed by atoms with van der Waals surface area (Å²) in [6, 6.07) is 18.6. The Morgan fingerprint density at radius 3 is 2.54 bits per heavy atom. The van der Waals surface area contributed by atoms with Crippen molar-refractivity contribution >= 4 is 39.7 Å². The van der Waals surface area contributed by atoms with E-state index in [1.165, 1.54) is 45.3 Å². The summed E-state index contributed by atoms with van der Waals surface area (Å²) < 4.78 is 2.40. The summed E-state index contributed by atoms with van der Waals surface area (Å²) in [6.07, 6.45) is 4.90. The van der Waals surface area contributed by atoms with Gasteiger partial charge in [0.05, 0.1) is 0 Å². The SMILES string of the molecule is Clc1ccc(Sc2c(-c3ccccc3)nc3sc4c(n23)CCCC4)cc1. The molecule has 1 aliphatic carbocycles. The minimum absolute atomic E-state index is 0.768. The molecule has 0 unspecified atom stereocenters. The Labute approximate surface area is 165 Å². The summed E-state index contributed by atoms with van der Waals surface area (Å²) >= 11 is 9.71. The van der Waals surface area contributed by atoms with Gasteiger partial charge in [0.2, 0.25) is 0 Å². The summed E-state index contributed by atoms with van der Waals surface area (Å²) in [4.78, 5) is 8.85. The number of thiazole rings is 1. The van der Waals surface area contributed by atoms with Crippen molar-refractivity contribution in [2.75, 3.05) is 0 Å². The molecule has 1 aliphatic rings. The quantitative estimate of drug-likeness (QED) is 0.381. The summed E-state index contributed by atoms with van der Waals surface area (Å²) in [7, 11) is 0. The average Bonchev–Trinajstić information content (AvgIpc) is 3.21. The van der Waals surface area contributed by atoms with Gasteiger partial charge >= 0.3 is 0 Å². The summed E-state index contributed by atoms with van der Waals surface area (Å²) in [6.45, 7) is 0. The van der Waals surface area contributed by atoms with E-state index in [-0.39, 0.29) is 0 Å². The van der Waals surface area contributed by atoms with Crippen LogP contribution in [0.25, 0.3) is 16.2 Å². The van der Waals surface area contributed by atoms with Crippen LogP contribution in [0.15, 0.2) is 64.5 Å². The van der Waals surface area contributed by atoms with E-state index in [1.807, 2.05) is 23.5 Å².